The highest BCUT2D eigenvalue weighted by atomic mass is 31.2. The van der Waals surface area contributed by atoms with E-state index >= 15 is 0 Å². The minimum absolute atomic E-state index is 0.0295. The fourth-order valence-electron chi connectivity index (χ4n) is 8.09. The maximum Gasteiger partial charge on any atom is 0.472 e. The molecular formula is C72H115O11P. The molecular weight excluding hydrogens is 1070 g/mol. The second kappa shape index (κ2) is 64.1. The highest BCUT2D eigenvalue weighted by Gasteiger charge is 2.28. The third-order valence-corrected chi connectivity index (χ3v) is 13.9. The Morgan fingerprint density at radius 2 is 0.643 bits per heavy atom. The van der Waals surface area contributed by atoms with E-state index in [4.69, 9.17) is 23.3 Å². The summed E-state index contributed by atoms with van der Waals surface area (Å²) in [5.41, 5.74) is 0. The number of esters is 3. The molecule has 0 spiro atoms. The lowest BCUT2D eigenvalue weighted by molar-refractivity contribution is -0.161. The van der Waals surface area contributed by atoms with Crippen molar-refractivity contribution in [2.24, 2.45) is 0 Å². The molecule has 0 saturated carbocycles. The molecule has 0 aromatic rings. The Labute approximate surface area is 511 Å². The second-order valence-corrected chi connectivity index (χ2v) is 22.3. The summed E-state index contributed by atoms with van der Waals surface area (Å²) in [5.74, 6) is -1.61. The molecule has 2 N–H and O–H groups in total. The van der Waals surface area contributed by atoms with Crippen molar-refractivity contribution in [1.29, 1.82) is 0 Å². The standard InChI is InChI=1S/C72H115O11P/c1-4-7-10-13-16-19-22-25-28-31-34-37-40-43-46-49-52-55-58-61-70(74)79-65-69(83-72(76)63-60-57-54-51-48-45-42-39-36-33-30-27-24-21-18-15-12-9-6-3)67-81-84(77,78)80-66-68(64-73)82-71(75)62-59-56-53-50-47-44-41-38-35-32-29-26-23-20-17-14-11-8-5-2/h8-9,11-12,16-21,25-30,34-39,45,48,54,57,68-69,73H,4-7,10,13-15,22-24,31-33,40-44,46-47,49-53,55-56,58-67H2,1-3H3,(H,77,78)/b11-8-,12-9-,19-16-,20-17-,21-18-,28-25-,29-26-,30-27-,37-34-,38-35-,39-36-,48-45-,57-54-. The van der Waals surface area contributed by atoms with Crippen molar-refractivity contribution in [1.82, 2.24) is 0 Å². The lowest BCUT2D eigenvalue weighted by Crippen LogP contribution is -2.30. The fourth-order valence-corrected chi connectivity index (χ4v) is 8.87. The van der Waals surface area contributed by atoms with Crippen molar-refractivity contribution in [3.05, 3.63) is 158 Å². The van der Waals surface area contributed by atoms with Gasteiger partial charge >= 0.3 is 25.7 Å². The molecule has 11 nitrogen and oxygen atoms in total. The predicted molar refractivity (Wildman–Crippen MR) is 352 cm³/mol. The van der Waals surface area contributed by atoms with Crippen LogP contribution in [0.2, 0.25) is 0 Å². The minimum atomic E-state index is -4.80. The zero-order valence-electron chi connectivity index (χ0n) is 52.6. The number of hydrogen-bond acceptors (Lipinski definition) is 10. The summed E-state index contributed by atoms with van der Waals surface area (Å²) in [6.45, 7) is 4.27. The summed E-state index contributed by atoms with van der Waals surface area (Å²) >= 11 is 0. The third kappa shape index (κ3) is 61.7. The molecule has 0 aromatic heterocycles. The zero-order chi connectivity index (χ0) is 61.2. The van der Waals surface area contributed by atoms with Crippen molar-refractivity contribution < 1.29 is 52.2 Å². The average Bonchev–Trinajstić information content (AvgIpc) is 3.53. The Morgan fingerprint density at radius 3 is 1.02 bits per heavy atom. The molecule has 474 valence electrons. The normalized spacial score (nSPS) is 14.3. The van der Waals surface area contributed by atoms with Crippen LogP contribution < -0.4 is 0 Å². The first-order valence-corrected chi connectivity index (χ1v) is 33.9. The molecule has 0 bridgehead atoms. The number of aliphatic hydroxyl groups excluding tert-OH is 1. The maximum atomic E-state index is 13.0. The number of unbranched alkanes of at least 4 members (excludes halogenated alkanes) is 15. The van der Waals surface area contributed by atoms with Gasteiger partial charge in [0.2, 0.25) is 0 Å². The highest BCUT2D eigenvalue weighted by Crippen LogP contribution is 2.43. The van der Waals surface area contributed by atoms with Gasteiger partial charge in [0.15, 0.2) is 6.10 Å². The third-order valence-electron chi connectivity index (χ3n) is 12.9. The summed E-state index contributed by atoms with van der Waals surface area (Å²) in [5, 5.41) is 9.86. The van der Waals surface area contributed by atoms with Crippen LogP contribution in [0.4, 0.5) is 0 Å². The van der Waals surface area contributed by atoms with Gasteiger partial charge in [-0.1, -0.05) is 243 Å². The van der Waals surface area contributed by atoms with E-state index in [9.17, 15) is 28.9 Å². The first-order chi connectivity index (χ1) is 41.2. The van der Waals surface area contributed by atoms with Gasteiger partial charge in [0.1, 0.15) is 12.7 Å². The molecule has 0 aliphatic rings. The molecule has 3 unspecified atom stereocenters. The maximum absolute atomic E-state index is 13.0. The Balaban J connectivity index is 4.86. The lowest BCUT2D eigenvalue weighted by Gasteiger charge is -2.21. The van der Waals surface area contributed by atoms with Crippen LogP contribution in [0.5, 0.6) is 0 Å². The first-order valence-electron chi connectivity index (χ1n) is 32.4. The topological polar surface area (TPSA) is 155 Å². The van der Waals surface area contributed by atoms with Gasteiger partial charge in [-0.2, -0.15) is 0 Å². The van der Waals surface area contributed by atoms with E-state index in [2.05, 4.69) is 167 Å². The molecule has 0 radical (unpaired) electrons. The number of carbonyl (C=O) groups is 3. The number of rotatable bonds is 58. The van der Waals surface area contributed by atoms with E-state index in [0.29, 0.717) is 25.7 Å². The summed E-state index contributed by atoms with van der Waals surface area (Å²) in [7, 11) is -4.80. The Hall–Kier alpha value is -4.90. The van der Waals surface area contributed by atoms with E-state index in [1.807, 2.05) is 12.2 Å². The van der Waals surface area contributed by atoms with Gasteiger partial charge in [0.25, 0.3) is 0 Å². The number of aliphatic hydroxyl groups is 1. The molecule has 0 rings (SSSR count). The number of phosphoric acid groups is 1. The predicted octanol–water partition coefficient (Wildman–Crippen LogP) is 20.0. The monoisotopic (exact) mass is 1190 g/mol. The molecule has 0 aliphatic carbocycles. The Bertz CT molecular complexity index is 2020. The SMILES string of the molecule is CC/C=C\C/C=C\C/C=C\C/C=C\C/C=C\C/C=C\CCC(=O)OC(COC(=O)CCCCCCCC/C=C\C/C=C\C/C=C\CCCCC)COP(=O)(O)OCC(CO)OC(=O)CCCCCCCC/C=C\C/C=C\C/C=C\C/C=C\CC. The Morgan fingerprint density at radius 1 is 0.345 bits per heavy atom. The van der Waals surface area contributed by atoms with Crippen molar-refractivity contribution in [2.45, 2.75) is 251 Å². The number of allylic oxidation sites excluding steroid dienone is 26. The van der Waals surface area contributed by atoms with E-state index in [1.54, 1.807) is 0 Å². The molecule has 0 fully saturated rings. The molecule has 3 atom stereocenters. The molecule has 0 aliphatic heterocycles. The summed E-state index contributed by atoms with van der Waals surface area (Å²) < 4.78 is 39.6. The van der Waals surface area contributed by atoms with E-state index in [-0.39, 0.29) is 25.9 Å². The van der Waals surface area contributed by atoms with Crippen LogP contribution in [-0.4, -0.2) is 66.5 Å². The van der Waals surface area contributed by atoms with E-state index in [0.717, 1.165) is 148 Å². The number of phosphoric ester groups is 1. The quantitative estimate of drug-likeness (QED) is 0.0197. The molecule has 84 heavy (non-hydrogen) atoms. The van der Waals surface area contributed by atoms with Crippen LogP contribution in [0, 0.1) is 0 Å². The first kappa shape index (κ1) is 79.1. The Kier molecular flexibility index (Phi) is 60.4. The highest BCUT2D eigenvalue weighted by molar-refractivity contribution is 7.47. The molecule has 0 aromatic carbocycles. The second-order valence-electron chi connectivity index (χ2n) is 20.8. The van der Waals surface area contributed by atoms with Crippen molar-refractivity contribution in [2.75, 3.05) is 26.4 Å². The molecule has 0 heterocycles. The lowest BCUT2D eigenvalue weighted by atomic mass is 10.1. The number of ether oxygens (including phenoxy) is 3. The van der Waals surface area contributed by atoms with Crippen LogP contribution in [-0.2, 0) is 42.2 Å². The van der Waals surface area contributed by atoms with Gasteiger partial charge < -0.3 is 24.2 Å². The van der Waals surface area contributed by atoms with Gasteiger partial charge in [-0.05, 0) is 135 Å². The van der Waals surface area contributed by atoms with Crippen LogP contribution >= 0.6 is 7.82 Å². The summed E-state index contributed by atoms with van der Waals surface area (Å²) in [4.78, 5) is 48.8. The smallest absolute Gasteiger partial charge is 0.462 e. The van der Waals surface area contributed by atoms with Gasteiger partial charge in [-0.15, -0.1) is 0 Å². The van der Waals surface area contributed by atoms with Crippen molar-refractivity contribution >= 4 is 25.7 Å². The summed E-state index contributed by atoms with van der Waals surface area (Å²) in [6.07, 6.45) is 84.9. The van der Waals surface area contributed by atoms with Crippen LogP contribution in [0.25, 0.3) is 0 Å². The summed E-state index contributed by atoms with van der Waals surface area (Å²) in [6, 6.07) is 0. The van der Waals surface area contributed by atoms with Crippen molar-refractivity contribution in [3.63, 3.8) is 0 Å². The van der Waals surface area contributed by atoms with Gasteiger partial charge in [0.05, 0.1) is 19.8 Å². The van der Waals surface area contributed by atoms with Crippen LogP contribution in [0.1, 0.15) is 239 Å². The van der Waals surface area contributed by atoms with Crippen LogP contribution in [0.3, 0.4) is 0 Å². The molecule has 0 amide bonds. The number of hydrogen-bond donors (Lipinski definition) is 2. The van der Waals surface area contributed by atoms with E-state index < -0.39 is 57.8 Å². The van der Waals surface area contributed by atoms with Gasteiger partial charge in [0, 0.05) is 19.3 Å². The van der Waals surface area contributed by atoms with E-state index in [1.165, 1.54) is 25.7 Å². The average molecular weight is 1190 g/mol. The zero-order valence-corrected chi connectivity index (χ0v) is 53.4. The molecule has 0 saturated heterocycles. The van der Waals surface area contributed by atoms with Crippen LogP contribution in [0.15, 0.2) is 158 Å². The van der Waals surface area contributed by atoms with Gasteiger partial charge in [-0.3, -0.25) is 23.4 Å². The van der Waals surface area contributed by atoms with Crippen molar-refractivity contribution in [3.8, 4) is 0 Å². The molecule has 12 heteroatoms. The number of carbonyl (C=O) groups excluding carboxylic acids is 3. The van der Waals surface area contributed by atoms with Gasteiger partial charge in [-0.25, -0.2) is 4.57 Å². The largest absolute Gasteiger partial charge is 0.472 e. The fraction of sp³-hybridized carbons (Fsp3) is 0.597. The minimum Gasteiger partial charge on any atom is -0.462 e.